The van der Waals surface area contributed by atoms with Crippen molar-refractivity contribution in [3.8, 4) is 0 Å². The summed E-state index contributed by atoms with van der Waals surface area (Å²) < 4.78 is 0. The van der Waals surface area contributed by atoms with E-state index >= 15 is 0 Å². The molecule has 0 saturated heterocycles. The molecule has 0 saturated carbocycles. The fourth-order valence-electron chi connectivity index (χ4n) is 3.44. The average Bonchev–Trinajstić information content (AvgIpc) is 2.69. The highest BCUT2D eigenvalue weighted by Crippen LogP contribution is 2.35. The first-order valence-corrected chi connectivity index (χ1v) is 9.02. The van der Waals surface area contributed by atoms with Gasteiger partial charge in [-0.1, -0.05) is 61.0 Å². The predicted molar refractivity (Wildman–Crippen MR) is 107 cm³/mol. The lowest BCUT2D eigenvalue weighted by molar-refractivity contribution is 0.0972. The van der Waals surface area contributed by atoms with E-state index in [1.165, 1.54) is 5.56 Å². The zero-order valence-corrected chi connectivity index (χ0v) is 15.1. The summed E-state index contributed by atoms with van der Waals surface area (Å²) >= 11 is 6.04. The van der Waals surface area contributed by atoms with Crippen molar-refractivity contribution in [1.29, 1.82) is 0 Å². The molecule has 2 atom stereocenters. The Kier molecular flexibility index (Phi) is 4.39. The Morgan fingerprint density at radius 3 is 2.31 bits per heavy atom. The van der Waals surface area contributed by atoms with Crippen molar-refractivity contribution in [3.63, 3.8) is 0 Å². The summed E-state index contributed by atoms with van der Waals surface area (Å²) in [5.41, 5.74) is 3.56. The number of para-hydroxylation sites is 1. The van der Waals surface area contributed by atoms with Crippen molar-refractivity contribution in [3.05, 3.63) is 95.0 Å². The molecule has 4 rings (SSSR count). The first-order valence-electron chi connectivity index (χ1n) is 8.65. The SMILES string of the molecule is C[C@H](c1ccccc1)[C@@H]1Nc2ccccc2C(=O)N1c1ccc(Cl)cc1. The largest absolute Gasteiger partial charge is 0.364 e. The van der Waals surface area contributed by atoms with Crippen LogP contribution in [0.25, 0.3) is 0 Å². The van der Waals surface area contributed by atoms with Crippen molar-refractivity contribution in [2.24, 2.45) is 0 Å². The molecule has 1 heterocycles. The van der Waals surface area contributed by atoms with Crippen molar-refractivity contribution in [1.82, 2.24) is 0 Å². The molecule has 1 aliphatic heterocycles. The van der Waals surface area contributed by atoms with Gasteiger partial charge >= 0.3 is 0 Å². The van der Waals surface area contributed by atoms with E-state index in [9.17, 15) is 4.79 Å². The van der Waals surface area contributed by atoms with Crippen LogP contribution in [0.1, 0.15) is 28.8 Å². The van der Waals surface area contributed by atoms with Crippen LogP contribution in [0.3, 0.4) is 0 Å². The lowest BCUT2D eigenvalue weighted by Crippen LogP contribution is -2.51. The second-order valence-corrected chi connectivity index (χ2v) is 6.92. The highest BCUT2D eigenvalue weighted by Gasteiger charge is 2.36. The predicted octanol–water partition coefficient (Wildman–Crippen LogP) is 5.54. The number of anilines is 2. The number of halogens is 1. The molecule has 3 aromatic carbocycles. The minimum Gasteiger partial charge on any atom is -0.364 e. The topological polar surface area (TPSA) is 32.3 Å². The van der Waals surface area contributed by atoms with E-state index in [0.717, 1.165) is 11.4 Å². The molecule has 0 radical (unpaired) electrons. The maximum atomic E-state index is 13.3. The van der Waals surface area contributed by atoms with Gasteiger partial charge in [0.15, 0.2) is 0 Å². The Morgan fingerprint density at radius 1 is 0.923 bits per heavy atom. The number of benzene rings is 3. The van der Waals surface area contributed by atoms with Crippen LogP contribution >= 0.6 is 11.6 Å². The second kappa shape index (κ2) is 6.85. The van der Waals surface area contributed by atoms with Crippen LogP contribution in [-0.2, 0) is 0 Å². The van der Waals surface area contributed by atoms with E-state index in [1.807, 2.05) is 71.6 Å². The number of amides is 1. The summed E-state index contributed by atoms with van der Waals surface area (Å²) in [6.07, 6.45) is -0.194. The maximum absolute atomic E-state index is 13.3. The third-order valence-corrected chi connectivity index (χ3v) is 5.11. The highest BCUT2D eigenvalue weighted by atomic mass is 35.5. The van der Waals surface area contributed by atoms with Gasteiger partial charge in [0.1, 0.15) is 6.17 Å². The third kappa shape index (κ3) is 2.95. The number of carbonyl (C=O) groups is 1. The van der Waals surface area contributed by atoms with Crippen LogP contribution in [0.2, 0.25) is 5.02 Å². The van der Waals surface area contributed by atoms with Crippen LogP contribution < -0.4 is 10.2 Å². The quantitative estimate of drug-likeness (QED) is 0.663. The van der Waals surface area contributed by atoms with E-state index in [1.54, 1.807) is 0 Å². The third-order valence-electron chi connectivity index (χ3n) is 4.86. The van der Waals surface area contributed by atoms with E-state index in [4.69, 9.17) is 11.6 Å². The minimum absolute atomic E-state index is 0.00514. The highest BCUT2D eigenvalue weighted by molar-refractivity contribution is 6.30. The Labute approximate surface area is 158 Å². The Morgan fingerprint density at radius 2 is 1.58 bits per heavy atom. The molecular formula is C22H19ClN2O. The zero-order chi connectivity index (χ0) is 18.1. The number of fused-ring (bicyclic) bond motifs is 1. The van der Waals surface area contributed by atoms with Gasteiger partial charge in [0, 0.05) is 22.3 Å². The summed E-state index contributed by atoms with van der Waals surface area (Å²) in [6.45, 7) is 2.14. The molecule has 1 aliphatic rings. The molecule has 3 aromatic rings. The molecule has 0 aromatic heterocycles. The van der Waals surface area contributed by atoms with Gasteiger partial charge in [0.2, 0.25) is 0 Å². The molecule has 0 bridgehead atoms. The van der Waals surface area contributed by atoms with Crippen LogP contribution in [-0.4, -0.2) is 12.1 Å². The molecule has 1 N–H and O–H groups in total. The fourth-order valence-corrected chi connectivity index (χ4v) is 3.57. The Hall–Kier alpha value is -2.78. The maximum Gasteiger partial charge on any atom is 0.262 e. The van der Waals surface area contributed by atoms with Crippen molar-refractivity contribution < 1.29 is 4.79 Å². The molecule has 0 spiro atoms. The summed E-state index contributed by atoms with van der Waals surface area (Å²) in [4.78, 5) is 15.1. The molecule has 130 valence electrons. The fraction of sp³-hybridized carbons (Fsp3) is 0.136. The van der Waals surface area contributed by atoms with Gasteiger partial charge < -0.3 is 5.32 Å². The smallest absolute Gasteiger partial charge is 0.262 e. The van der Waals surface area contributed by atoms with Gasteiger partial charge in [-0.15, -0.1) is 0 Å². The molecule has 0 fully saturated rings. The zero-order valence-electron chi connectivity index (χ0n) is 14.4. The molecular weight excluding hydrogens is 344 g/mol. The van der Waals surface area contributed by atoms with Gasteiger partial charge in [0.05, 0.1) is 5.56 Å². The van der Waals surface area contributed by atoms with Crippen LogP contribution in [0.5, 0.6) is 0 Å². The molecule has 0 aliphatic carbocycles. The average molecular weight is 363 g/mol. The monoisotopic (exact) mass is 362 g/mol. The number of hydrogen-bond acceptors (Lipinski definition) is 2. The van der Waals surface area contributed by atoms with E-state index in [-0.39, 0.29) is 18.0 Å². The lowest BCUT2D eigenvalue weighted by Gasteiger charge is -2.41. The first kappa shape index (κ1) is 16.7. The summed E-state index contributed by atoms with van der Waals surface area (Å²) in [5.74, 6) is 0.0960. The standard InChI is InChI=1S/C22H19ClN2O/c1-15(16-7-3-2-4-8-16)21-24-20-10-6-5-9-19(20)22(26)25(21)18-13-11-17(23)12-14-18/h2-15,21,24H,1H3/t15-,21-/m1/s1. The van der Waals surface area contributed by atoms with Crippen LogP contribution in [0.15, 0.2) is 78.9 Å². The van der Waals surface area contributed by atoms with Gasteiger partial charge in [-0.05, 0) is 42.0 Å². The number of hydrogen-bond donors (Lipinski definition) is 1. The van der Waals surface area contributed by atoms with E-state index < -0.39 is 0 Å². The Bertz CT molecular complexity index is 924. The summed E-state index contributed by atoms with van der Waals surface area (Å²) in [6, 6.07) is 25.3. The molecule has 26 heavy (non-hydrogen) atoms. The van der Waals surface area contributed by atoms with Crippen LogP contribution in [0.4, 0.5) is 11.4 Å². The first-order chi connectivity index (χ1) is 12.6. The summed E-state index contributed by atoms with van der Waals surface area (Å²) in [5, 5.41) is 4.21. The number of rotatable bonds is 3. The van der Waals surface area contributed by atoms with Crippen molar-refractivity contribution in [2.75, 3.05) is 10.2 Å². The van der Waals surface area contributed by atoms with E-state index in [0.29, 0.717) is 10.6 Å². The van der Waals surface area contributed by atoms with Gasteiger partial charge in [-0.3, -0.25) is 9.69 Å². The van der Waals surface area contributed by atoms with Crippen molar-refractivity contribution >= 4 is 28.9 Å². The molecule has 1 amide bonds. The van der Waals surface area contributed by atoms with E-state index in [2.05, 4.69) is 24.4 Å². The number of nitrogens with one attached hydrogen (secondary N) is 1. The van der Waals surface area contributed by atoms with Gasteiger partial charge in [-0.25, -0.2) is 0 Å². The van der Waals surface area contributed by atoms with Crippen LogP contribution in [0, 0.1) is 0 Å². The minimum atomic E-state index is -0.194. The lowest BCUT2D eigenvalue weighted by atomic mass is 9.93. The van der Waals surface area contributed by atoms with Crippen molar-refractivity contribution in [2.45, 2.75) is 19.0 Å². The molecule has 4 heteroatoms. The van der Waals surface area contributed by atoms with Gasteiger partial charge in [-0.2, -0.15) is 0 Å². The number of carbonyl (C=O) groups excluding carboxylic acids is 1. The second-order valence-electron chi connectivity index (χ2n) is 6.49. The molecule has 0 unspecified atom stereocenters. The molecule has 3 nitrogen and oxygen atoms in total. The number of nitrogens with zero attached hydrogens (tertiary/aromatic N) is 1. The van der Waals surface area contributed by atoms with Gasteiger partial charge in [0.25, 0.3) is 5.91 Å². The normalized spacial score (nSPS) is 17.4. The Balaban J connectivity index is 1.81. The summed E-state index contributed by atoms with van der Waals surface area (Å²) in [7, 11) is 0.